The number of hydrogen-bond donors (Lipinski definition) is 1. The number of rotatable bonds is 3. The number of thiazole rings is 1. The molecule has 2 aromatic heterocycles. The summed E-state index contributed by atoms with van der Waals surface area (Å²) in [5.74, 6) is 0.635. The molecule has 0 aliphatic heterocycles. The summed E-state index contributed by atoms with van der Waals surface area (Å²) in [5, 5.41) is 12.0. The van der Waals surface area contributed by atoms with Gasteiger partial charge < -0.3 is 5.32 Å². The van der Waals surface area contributed by atoms with Crippen LogP contribution in [0.3, 0.4) is 0 Å². The van der Waals surface area contributed by atoms with Gasteiger partial charge in [-0.3, -0.25) is 4.98 Å². The molecule has 0 spiro atoms. The second kappa shape index (κ2) is 4.73. The van der Waals surface area contributed by atoms with E-state index < -0.39 is 0 Å². The second-order valence-electron chi connectivity index (χ2n) is 3.10. The first-order valence-electron chi connectivity index (χ1n) is 4.89. The number of hydrogen-bond acceptors (Lipinski definition) is 5. The maximum Gasteiger partial charge on any atom is 0.144 e. The first-order chi connectivity index (χ1) is 7.85. The molecule has 0 bridgehead atoms. The van der Waals surface area contributed by atoms with Crippen molar-refractivity contribution in [3.05, 3.63) is 29.4 Å². The average Bonchev–Trinajstić information content (AvgIpc) is 2.83. The molecule has 0 aliphatic carbocycles. The minimum atomic E-state index is 0.565. The third-order valence-electron chi connectivity index (χ3n) is 2.04. The molecule has 0 aromatic carbocycles. The van der Waals surface area contributed by atoms with Gasteiger partial charge in [0.1, 0.15) is 11.9 Å². The summed E-state index contributed by atoms with van der Waals surface area (Å²) in [7, 11) is 0. The van der Waals surface area contributed by atoms with Gasteiger partial charge in [0, 0.05) is 12.7 Å². The van der Waals surface area contributed by atoms with Gasteiger partial charge in [0.15, 0.2) is 0 Å². The van der Waals surface area contributed by atoms with Crippen molar-refractivity contribution in [2.24, 2.45) is 0 Å². The molecule has 0 aliphatic rings. The summed E-state index contributed by atoms with van der Waals surface area (Å²) < 4.78 is 0. The van der Waals surface area contributed by atoms with Crippen LogP contribution in [0.25, 0.3) is 10.6 Å². The van der Waals surface area contributed by atoms with E-state index >= 15 is 0 Å². The van der Waals surface area contributed by atoms with E-state index in [0.29, 0.717) is 11.4 Å². The van der Waals surface area contributed by atoms with Crippen molar-refractivity contribution in [2.75, 3.05) is 11.9 Å². The van der Waals surface area contributed by atoms with Crippen molar-refractivity contribution in [1.29, 1.82) is 5.26 Å². The normalized spacial score (nSPS) is 9.75. The summed E-state index contributed by atoms with van der Waals surface area (Å²) in [4.78, 5) is 9.43. The zero-order chi connectivity index (χ0) is 11.4. The van der Waals surface area contributed by atoms with Gasteiger partial charge in [-0.05, 0) is 19.1 Å². The van der Waals surface area contributed by atoms with Crippen LogP contribution in [0, 0.1) is 11.3 Å². The Kier molecular flexibility index (Phi) is 3.13. The molecule has 1 N–H and O–H groups in total. The van der Waals surface area contributed by atoms with Crippen molar-refractivity contribution in [3.8, 4) is 16.6 Å². The topological polar surface area (TPSA) is 61.6 Å². The Labute approximate surface area is 97.6 Å². The maximum absolute atomic E-state index is 8.93. The Morgan fingerprint density at radius 2 is 2.38 bits per heavy atom. The number of nitrogens with one attached hydrogen (secondary N) is 1. The molecule has 0 unspecified atom stereocenters. The van der Waals surface area contributed by atoms with Crippen LogP contribution in [-0.2, 0) is 0 Å². The number of nitriles is 1. The Bertz CT molecular complexity index is 513. The monoisotopic (exact) mass is 230 g/mol. The van der Waals surface area contributed by atoms with Crippen LogP contribution in [0.2, 0.25) is 0 Å². The minimum Gasteiger partial charge on any atom is -0.369 e. The van der Waals surface area contributed by atoms with Crippen molar-refractivity contribution in [1.82, 2.24) is 9.97 Å². The minimum absolute atomic E-state index is 0.565. The number of pyridine rings is 1. The van der Waals surface area contributed by atoms with Gasteiger partial charge in [-0.15, -0.1) is 11.3 Å². The molecule has 4 nitrogen and oxygen atoms in total. The zero-order valence-corrected chi connectivity index (χ0v) is 9.58. The van der Waals surface area contributed by atoms with Crippen molar-refractivity contribution in [3.63, 3.8) is 0 Å². The molecular weight excluding hydrogens is 220 g/mol. The van der Waals surface area contributed by atoms with Crippen LogP contribution in [-0.4, -0.2) is 16.5 Å². The molecule has 80 valence electrons. The standard InChI is InChI=1S/C11H10N4S/c1-2-14-11-8(5-12)3-4-9(15-11)10-6-13-7-16-10/h3-4,6-7H,2H2,1H3,(H,14,15). The van der Waals surface area contributed by atoms with Gasteiger partial charge in [0.05, 0.1) is 21.6 Å². The van der Waals surface area contributed by atoms with E-state index in [1.165, 1.54) is 11.3 Å². The summed E-state index contributed by atoms with van der Waals surface area (Å²) in [6.45, 7) is 2.72. The molecule has 0 amide bonds. The van der Waals surface area contributed by atoms with E-state index in [1.54, 1.807) is 17.8 Å². The van der Waals surface area contributed by atoms with E-state index in [0.717, 1.165) is 17.1 Å². The lowest BCUT2D eigenvalue weighted by molar-refractivity contribution is 1.15. The molecule has 0 saturated carbocycles. The predicted molar refractivity (Wildman–Crippen MR) is 64.2 cm³/mol. The number of aromatic nitrogens is 2. The molecule has 5 heteroatoms. The molecule has 0 radical (unpaired) electrons. The third-order valence-corrected chi connectivity index (χ3v) is 2.84. The number of nitrogens with zero attached hydrogens (tertiary/aromatic N) is 3. The Morgan fingerprint density at radius 3 is 3.00 bits per heavy atom. The van der Waals surface area contributed by atoms with Gasteiger partial charge in [0.25, 0.3) is 0 Å². The molecule has 2 aromatic rings. The lowest BCUT2D eigenvalue weighted by atomic mass is 10.2. The highest BCUT2D eigenvalue weighted by molar-refractivity contribution is 7.13. The van der Waals surface area contributed by atoms with Crippen LogP contribution in [0.15, 0.2) is 23.8 Å². The average molecular weight is 230 g/mol. The fraction of sp³-hybridized carbons (Fsp3) is 0.182. The SMILES string of the molecule is CCNc1nc(-c2cncs2)ccc1C#N. The highest BCUT2D eigenvalue weighted by atomic mass is 32.1. The molecular formula is C11H10N4S. The highest BCUT2D eigenvalue weighted by Crippen LogP contribution is 2.24. The summed E-state index contributed by atoms with van der Waals surface area (Å²) in [6.07, 6.45) is 1.77. The first kappa shape index (κ1) is 10.6. The third kappa shape index (κ3) is 2.02. The summed E-state index contributed by atoms with van der Waals surface area (Å²) in [6, 6.07) is 5.73. The molecule has 0 saturated heterocycles. The predicted octanol–water partition coefficient (Wildman–Crippen LogP) is 2.51. The molecule has 2 rings (SSSR count). The summed E-state index contributed by atoms with van der Waals surface area (Å²) in [5.41, 5.74) is 3.18. The van der Waals surface area contributed by atoms with Crippen LogP contribution in [0.4, 0.5) is 5.82 Å². The van der Waals surface area contributed by atoms with E-state index in [4.69, 9.17) is 5.26 Å². The van der Waals surface area contributed by atoms with Gasteiger partial charge in [-0.2, -0.15) is 5.26 Å². The smallest absolute Gasteiger partial charge is 0.144 e. The number of anilines is 1. The van der Waals surface area contributed by atoms with Crippen LogP contribution in [0.5, 0.6) is 0 Å². The van der Waals surface area contributed by atoms with Gasteiger partial charge in [0.2, 0.25) is 0 Å². The Hall–Kier alpha value is -1.93. The fourth-order valence-electron chi connectivity index (χ4n) is 1.33. The van der Waals surface area contributed by atoms with Crippen molar-refractivity contribution >= 4 is 17.2 Å². The molecule has 0 fully saturated rings. The van der Waals surface area contributed by atoms with Crippen LogP contribution >= 0.6 is 11.3 Å². The van der Waals surface area contributed by atoms with Gasteiger partial charge in [-0.25, -0.2) is 4.98 Å². The highest BCUT2D eigenvalue weighted by Gasteiger charge is 2.06. The Balaban J connectivity index is 2.44. The Morgan fingerprint density at radius 1 is 1.50 bits per heavy atom. The first-order valence-corrected chi connectivity index (χ1v) is 5.77. The van der Waals surface area contributed by atoms with Crippen molar-refractivity contribution in [2.45, 2.75) is 6.92 Å². The van der Waals surface area contributed by atoms with E-state index in [1.807, 2.05) is 13.0 Å². The van der Waals surface area contributed by atoms with Crippen LogP contribution < -0.4 is 5.32 Å². The lowest BCUT2D eigenvalue weighted by Gasteiger charge is -2.05. The zero-order valence-electron chi connectivity index (χ0n) is 8.77. The summed E-state index contributed by atoms with van der Waals surface area (Å²) >= 11 is 1.53. The fourth-order valence-corrected chi connectivity index (χ4v) is 1.92. The maximum atomic E-state index is 8.93. The van der Waals surface area contributed by atoms with Gasteiger partial charge in [-0.1, -0.05) is 0 Å². The lowest BCUT2D eigenvalue weighted by Crippen LogP contribution is -2.02. The quantitative estimate of drug-likeness (QED) is 0.880. The molecule has 2 heterocycles. The largest absolute Gasteiger partial charge is 0.369 e. The molecule has 16 heavy (non-hydrogen) atoms. The van der Waals surface area contributed by atoms with E-state index in [9.17, 15) is 0 Å². The van der Waals surface area contributed by atoms with E-state index in [-0.39, 0.29) is 0 Å². The van der Waals surface area contributed by atoms with Crippen molar-refractivity contribution < 1.29 is 0 Å². The molecule has 0 atom stereocenters. The van der Waals surface area contributed by atoms with Gasteiger partial charge >= 0.3 is 0 Å². The van der Waals surface area contributed by atoms with E-state index in [2.05, 4.69) is 21.4 Å². The van der Waals surface area contributed by atoms with Crippen LogP contribution in [0.1, 0.15) is 12.5 Å². The second-order valence-corrected chi connectivity index (χ2v) is 3.99.